The molecule has 1 heteroatoms. The first-order valence-electron chi connectivity index (χ1n) is 7.67. The van der Waals surface area contributed by atoms with Crippen molar-refractivity contribution in [2.45, 2.75) is 59.5 Å². The first-order valence-corrected chi connectivity index (χ1v) is 5.67. The van der Waals surface area contributed by atoms with Gasteiger partial charge in [0.05, 0.1) is 5.48 Å². The smallest absolute Gasteiger partial charge is 0.0647 e. The van der Waals surface area contributed by atoms with Crippen LogP contribution in [-0.4, -0.2) is 11.1 Å². The molecule has 0 spiro atoms. The summed E-state index contributed by atoms with van der Waals surface area (Å²) in [5.41, 5.74) is 0.335. The Morgan fingerprint density at radius 1 is 1.00 bits per heavy atom. The highest BCUT2D eigenvalue weighted by atomic mass is 15.2. The van der Waals surface area contributed by atoms with E-state index < -0.39 is 0 Å². The summed E-state index contributed by atoms with van der Waals surface area (Å²) in [6.07, 6.45) is 0. The van der Waals surface area contributed by atoms with E-state index in [2.05, 4.69) is 0 Å². The molecule has 0 unspecified atom stereocenters. The number of anilines is 1. The number of rotatable bonds is 1. The Balaban J connectivity index is 3.76. The van der Waals surface area contributed by atoms with E-state index >= 15 is 0 Å². The van der Waals surface area contributed by atoms with Gasteiger partial charge in [-0.1, -0.05) is 12.1 Å². The highest BCUT2D eigenvalue weighted by molar-refractivity contribution is 5.52. The van der Waals surface area contributed by atoms with Crippen LogP contribution in [0.3, 0.4) is 0 Å². The monoisotopic (exact) mass is 223 g/mol. The van der Waals surface area contributed by atoms with E-state index in [0.717, 1.165) is 0 Å². The summed E-state index contributed by atoms with van der Waals surface area (Å²) in [6, 6.07) is 0.0230. The minimum absolute atomic E-state index is 0.0217. The predicted molar refractivity (Wildman–Crippen MR) is 73.2 cm³/mol. The average Bonchev–Trinajstić information content (AvgIpc) is 2.26. The molecule has 0 saturated carbocycles. The normalized spacial score (nSPS) is 16.2. The van der Waals surface area contributed by atoms with Crippen molar-refractivity contribution in [2.75, 3.05) is 4.90 Å². The van der Waals surface area contributed by atoms with Crippen LogP contribution in [0.25, 0.3) is 0 Å². The Kier molecular flexibility index (Phi) is 2.10. The van der Waals surface area contributed by atoms with Crippen molar-refractivity contribution in [3.05, 3.63) is 29.7 Å². The lowest BCUT2D eigenvalue weighted by Gasteiger charge is -2.47. The maximum Gasteiger partial charge on any atom is 0.0647 e. The summed E-state index contributed by atoms with van der Waals surface area (Å²) < 4.78 is 32.3. The minimum atomic E-state index is -0.285. The SMILES string of the molecule is [2H]c1c([2H])c(C)c([2H])c(N(C(C)(C)C)C(C)(C)C)c1[2H]. The summed E-state index contributed by atoms with van der Waals surface area (Å²) in [4.78, 5) is 2.01. The molecule has 0 saturated heterocycles. The van der Waals surface area contributed by atoms with E-state index in [9.17, 15) is 0 Å². The van der Waals surface area contributed by atoms with E-state index in [4.69, 9.17) is 5.48 Å². The molecule has 1 rings (SSSR count). The molecule has 90 valence electrons. The third kappa shape index (κ3) is 3.01. The van der Waals surface area contributed by atoms with Crippen molar-refractivity contribution >= 4 is 5.69 Å². The van der Waals surface area contributed by atoms with E-state index in [1.165, 1.54) is 0 Å². The van der Waals surface area contributed by atoms with Crippen LogP contribution in [0, 0.1) is 6.92 Å². The van der Waals surface area contributed by atoms with E-state index in [1.54, 1.807) is 6.92 Å². The van der Waals surface area contributed by atoms with Crippen LogP contribution in [0.15, 0.2) is 24.2 Å². The largest absolute Gasteiger partial charge is 0.362 e. The third-order valence-electron chi connectivity index (χ3n) is 2.30. The first kappa shape index (κ1) is 8.16. The Labute approximate surface area is 106 Å². The van der Waals surface area contributed by atoms with Gasteiger partial charge in [0.15, 0.2) is 0 Å². The second-order valence-corrected chi connectivity index (χ2v) is 6.15. The average molecular weight is 223 g/mol. The van der Waals surface area contributed by atoms with Crippen molar-refractivity contribution in [3.63, 3.8) is 0 Å². The molecular weight excluding hydrogens is 194 g/mol. The predicted octanol–water partition coefficient (Wildman–Crippen LogP) is 4.40. The van der Waals surface area contributed by atoms with Crippen LogP contribution < -0.4 is 4.90 Å². The first-order chi connectivity index (χ1) is 8.80. The zero-order chi connectivity index (χ0) is 16.0. The van der Waals surface area contributed by atoms with Gasteiger partial charge in [0.1, 0.15) is 0 Å². The standard InChI is InChI=1S/C15H25N/c1-12-9-8-10-13(11-12)16(14(2,3)4)15(5,6)7/h8-11H,1-7H3/i8D,9D,10D,11D. The minimum Gasteiger partial charge on any atom is -0.362 e. The molecule has 1 aromatic rings. The molecule has 0 radical (unpaired) electrons. The van der Waals surface area contributed by atoms with Crippen molar-refractivity contribution in [2.24, 2.45) is 0 Å². The Hall–Kier alpha value is -0.980. The molecule has 0 N–H and O–H groups in total. The van der Waals surface area contributed by atoms with Crippen molar-refractivity contribution < 1.29 is 5.48 Å². The lowest BCUT2D eigenvalue weighted by atomic mass is 9.94. The summed E-state index contributed by atoms with van der Waals surface area (Å²) in [7, 11) is 0. The molecule has 0 aromatic heterocycles. The van der Waals surface area contributed by atoms with Crippen LogP contribution in [0.2, 0.25) is 0 Å². The molecule has 0 bridgehead atoms. The molecule has 0 aliphatic carbocycles. The maximum atomic E-state index is 8.30. The van der Waals surface area contributed by atoms with Crippen LogP contribution >= 0.6 is 0 Å². The molecule has 0 aliphatic rings. The van der Waals surface area contributed by atoms with Gasteiger partial charge in [0.2, 0.25) is 0 Å². The molecule has 1 nitrogen and oxygen atoms in total. The Morgan fingerprint density at radius 2 is 1.50 bits per heavy atom. The zero-order valence-corrected chi connectivity index (χ0v) is 11.4. The van der Waals surface area contributed by atoms with Crippen LogP contribution in [-0.2, 0) is 0 Å². The van der Waals surface area contributed by atoms with Gasteiger partial charge in [0, 0.05) is 16.8 Å². The molecule has 0 amide bonds. The molecular formula is C15H25N. The lowest BCUT2D eigenvalue weighted by molar-refractivity contribution is 0.381. The Bertz CT molecular complexity index is 481. The van der Waals surface area contributed by atoms with Gasteiger partial charge in [-0.15, -0.1) is 0 Å². The van der Waals surface area contributed by atoms with Gasteiger partial charge < -0.3 is 4.90 Å². The number of hydrogen-bond acceptors (Lipinski definition) is 1. The maximum absolute atomic E-state index is 8.30. The fourth-order valence-corrected chi connectivity index (χ4v) is 2.21. The fourth-order valence-electron chi connectivity index (χ4n) is 2.21. The summed E-state index contributed by atoms with van der Waals surface area (Å²) in [6.45, 7) is 13.9. The molecule has 0 aliphatic heterocycles. The number of hydrogen-bond donors (Lipinski definition) is 0. The second-order valence-electron chi connectivity index (χ2n) is 6.15. The van der Waals surface area contributed by atoms with Crippen LogP contribution in [0.4, 0.5) is 5.69 Å². The fraction of sp³-hybridized carbons (Fsp3) is 0.600. The summed E-state index contributed by atoms with van der Waals surface area (Å²) in [5.74, 6) is 0. The van der Waals surface area contributed by atoms with Gasteiger partial charge in [-0.2, -0.15) is 0 Å². The van der Waals surface area contributed by atoms with Gasteiger partial charge >= 0.3 is 0 Å². The van der Waals surface area contributed by atoms with E-state index in [-0.39, 0.29) is 35.2 Å². The number of nitrogens with zero attached hydrogens (tertiary/aromatic N) is 1. The van der Waals surface area contributed by atoms with Gasteiger partial charge in [0.25, 0.3) is 0 Å². The molecule has 0 heterocycles. The molecule has 0 fully saturated rings. The highest BCUT2D eigenvalue weighted by Crippen LogP contribution is 2.32. The van der Waals surface area contributed by atoms with Crippen LogP contribution in [0.5, 0.6) is 0 Å². The number of benzene rings is 1. The molecule has 1 aromatic carbocycles. The summed E-state index contributed by atoms with van der Waals surface area (Å²) in [5, 5.41) is 0. The van der Waals surface area contributed by atoms with Crippen LogP contribution in [0.1, 0.15) is 52.6 Å². The van der Waals surface area contributed by atoms with Gasteiger partial charge in [-0.25, -0.2) is 0 Å². The van der Waals surface area contributed by atoms with E-state index in [0.29, 0.717) is 11.3 Å². The second kappa shape index (κ2) is 4.12. The van der Waals surface area contributed by atoms with Crippen molar-refractivity contribution in [1.29, 1.82) is 0 Å². The quantitative estimate of drug-likeness (QED) is 0.682. The highest BCUT2D eigenvalue weighted by Gasteiger charge is 2.31. The van der Waals surface area contributed by atoms with Crippen molar-refractivity contribution in [3.8, 4) is 0 Å². The van der Waals surface area contributed by atoms with Gasteiger partial charge in [-0.3, -0.25) is 0 Å². The summed E-state index contributed by atoms with van der Waals surface area (Å²) >= 11 is 0. The third-order valence-corrected chi connectivity index (χ3v) is 2.30. The van der Waals surface area contributed by atoms with Gasteiger partial charge in [-0.05, 0) is 66.1 Å². The topological polar surface area (TPSA) is 3.24 Å². The van der Waals surface area contributed by atoms with Crippen molar-refractivity contribution in [1.82, 2.24) is 0 Å². The molecule has 0 atom stereocenters. The Morgan fingerprint density at radius 3 is 1.94 bits per heavy atom. The zero-order valence-electron chi connectivity index (χ0n) is 15.4. The van der Waals surface area contributed by atoms with E-state index in [1.807, 2.05) is 46.4 Å². The lowest BCUT2D eigenvalue weighted by Crippen LogP contribution is -2.53. The molecule has 16 heavy (non-hydrogen) atoms.